The number of thiazole rings is 1. The number of para-hydroxylation sites is 1. The molecular formula is C18H16N2O2S. The zero-order valence-corrected chi connectivity index (χ0v) is 13.3. The van der Waals surface area contributed by atoms with E-state index in [1.807, 2.05) is 47.8 Å². The summed E-state index contributed by atoms with van der Waals surface area (Å²) in [6.45, 7) is 0.840. The first kappa shape index (κ1) is 15.2. The number of hydrogen-bond acceptors (Lipinski definition) is 4. The third-order valence-electron chi connectivity index (χ3n) is 3.29. The van der Waals surface area contributed by atoms with Crippen LogP contribution in [0.25, 0.3) is 0 Å². The quantitative estimate of drug-likeness (QED) is 0.753. The van der Waals surface area contributed by atoms with Crippen LogP contribution in [-0.4, -0.2) is 10.9 Å². The molecule has 116 valence electrons. The van der Waals surface area contributed by atoms with Gasteiger partial charge in [0.25, 0.3) is 5.91 Å². The van der Waals surface area contributed by atoms with E-state index in [0.717, 1.165) is 11.3 Å². The molecule has 0 bridgehead atoms. The van der Waals surface area contributed by atoms with Gasteiger partial charge in [-0.05, 0) is 17.7 Å². The SMILES string of the molecule is O=C(NCc1ccccc1)c1ccccc1OCc1cscn1. The highest BCUT2D eigenvalue weighted by molar-refractivity contribution is 7.07. The lowest BCUT2D eigenvalue weighted by Crippen LogP contribution is -2.23. The average molecular weight is 324 g/mol. The standard InChI is InChI=1S/C18H16N2O2S/c21-18(19-10-14-6-2-1-3-7-14)16-8-4-5-9-17(16)22-11-15-12-23-13-20-15/h1-9,12-13H,10-11H2,(H,19,21). The summed E-state index contributed by atoms with van der Waals surface area (Å²) in [4.78, 5) is 16.6. The van der Waals surface area contributed by atoms with Crippen molar-refractivity contribution in [1.29, 1.82) is 0 Å². The highest BCUT2D eigenvalue weighted by Crippen LogP contribution is 2.19. The van der Waals surface area contributed by atoms with Crippen LogP contribution < -0.4 is 10.1 Å². The van der Waals surface area contributed by atoms with Gasteiger partial charge in [-0.15, -0.1) is 11.3 Å². The average Bonchev–Trinajstić information content (AvgIpc) is 3.12. The molecule has 23 heavy (non-hydrogen) atoms. The van der Waals surface area contributed by atoms with Crippen LogP contribution in [0.2, 0.25) is 0 Å². The fraction of sp³-hybridized carbons (Fsp3) is 0.111. The molecule has 0 aliphatic carbocycles. The Morgan fingerprint density at radius 1 is 1.09 bits per heavy atom. The van der Waals surface area contributed by atoms with Gasteiger partial charge in [0.15, 0.2) is 0 Å². The molecule has 5 heteroatoms. The Labute approximate surface area is 138 Å². The predicted molar refractivity (Wildman–Crippen MR) is 90.5 cm³/mol. The molecule has 1 aromatic heterocycles. The fourth-order valence-corrected chi connectivity index (χ4v) is 2.66. The molecule has 0 atom stereocenters. The molecule has 0 aliphatic heterocycles. The van der Waals surface area contributed by atoms with Crippen LogP contribution in [0, 0.1) is 0 Å². The van der Waals surface area contributed by atoms with Crippen molar-refractivity contribution in [2.24, 2.45) is 0 Å². The fourth-order valence-electron chi connectivity index (χ4n) is 2.11. The molecule has 2 aromatic carbocycles. The Morgan fingerprint density at radius 3 is 2.65 bits per heavy atom. The van der Waals surface area contributed by atoms with Crippen LogP contribution in [0.5, 0.6) is 5.75 Å². The van der Waals surface area contributed by atoms with E-state index in [1.54, 1.807) is 17.6 Å². The van der Waals surface area contributed by atoms with E-state index in [2.05, 4.69) is 10.3 Å². The number of rotatable bonds is 6. The maximum atomic E-state index is 12.4. The Morgan fingerprint density at radius 2 is 1.87 bits per heavy atom. The second-order valence-corrected chi connectivity index (χ2v) is 5.65. The van der Waals surface area contributed by atoms with E-state index in [0.29, 0.717) is 24.5 Å². The summed E-state index contributed by atoms with van der Waals surface area (Å²) in [6.07, 6.45) is 0. The minimum Gasteiger partial charge on any atom is -0.486 e. The lowest BCUT2D eigenvalue weighted by Gasteiger charge is -2.11. The van der Waals surface area contributed by atoms with Crippen molar-refractivity contribution in [2.45, 2.75) is 13.2 Å². The Balaban J connectivity index is 1.65. The Bertz CT molecular complexity index is 758. The topological polar surface area (TPSA) is 51.2 Å². The van der Waals surface area contributed by atoms with Crippen molar-refractivity contribution >= 4 is 17.2 Å². The second-order valence-electron chi connectivity index (χ2n) is 4.93. The van der Waals surface area contributed by atoms with Gasteiger partial charge in [0, 0.05) is 11.9 Å². The van der Waals surface area contributed by atoms with Crippen molar-refractivity contribution in [2.75, 3.05) is 0 Å². The maximum absolute atomic E-state index is 12.4. The molecule has 1 amide bonds. The molecule has 3 aromatic rings. The largest absolute Gasteiger partial charge is 0.486 e. The van der Waals surface area contributed by atoms with Gasteiger partial charge in [-0.1, -0.05) is 42.5 Å². The van der Waals surface area contributed by atoms with Gasteiger partial charge in [-0.2, -0.15) is 0 Å². The molecule has 0 saturated carbocycles. The van der Waals surface area contributed by atoms with Crippen LogP contribution in [0.4, 0.5) is 0 Å². The van der Waals surface area contributed by atoms with Gasteiger partial charge < -0.3 is 10.1 Å². The minimum atomic E-state index is -0.150. The summed E-state index contributed by atoms with van der Waals surface area (Å²) in [7, 11) is 0. The third-order valence-corrected chi connectivity index (χ3v) is 3.92. The number of nitrogens with zero attached hydrogens (tertiary/aromatic N) is 1. The smallest absolute Gasteiger partial charge is 0.255 e. The second kappa shape index (κ2) is 7.56. The number of benzene rings is 2. The number of carbonyl (C=O) groups excluding carboxylic acids is 1. The van der Waals surface area contributed by atoms with E-state index < -0.39 is 0 Å². The van der Waals surface area contributed by atoms with Crippen molar-refractivity contribution in [3.63, 3.8) is 0 Å². The van der Waals surface area contributed by atoms with Crippen LogP contribution in [0.15, 0.2) is 65.5 Å². The van der Waals surface area contributed by atoms with Gasteiger partial charge in [0.2, 0.25) is 0 Å². The summed E-state index contributed by atoms with van der Waals surface area (Å²) in [5.74, 6) is 0.411. The molecule has 0 fully saturated rings. The molecule has 3 rings (SSSR count). The highest BCUT2D eigenvalue weighted by atomic mass is 32.1. The number of ether oxygens (including phenoxy) is 1. The third kappa shape index (κ3) is 4.17. The monoisotopic (exact) mass is 324 g/mol. The molecule has 0 unspecified atom stereocenters. The molecule has 0 spiro atoms. The summed E-state index contributed by atoms with van der Waals surface area (Å²) in [5, 5.41) is 4.84. The van der Waals surface area contributed by atoms with Gasteiger partial charge in [-0.3, -0.25) is 4.79 Å². The van der Waals surface area contributed by atoms with E-state index in [4.69, 9.17) is 4.74 Å². The molecular weight excluding hydrogens is 308 g/mol. The van der Waals surface area contributed by atoms with Crippen LogP contribution in [0.1, 0.15) is 21.6 Å². The zero-order chi connectivity index (χ0) is 15.9. The molecule has 1 N–H and O–H groups in total. The summed E-state index contributed by atoms with van der Waals surface area (Å²) in [5.41, 5.74) is 4.20. The van der Waals surface area contributed by atoms with E-state index in [-0.39, 0.29) is 5.91 Å². The Kier molecular flexibility index (Phi) is 5.01. The molecule has 0 aliphatic rings. The predicted octanol–water partition coefficient (Wildman–Crippen LogP) is 3.65. The molecule has 1 heterocycles. The Hall–Kier alpha value is -2.66. The molecule has 0 saturated heterocycles. The first-order valence-electron chi connectivity index (χ1n) is 7.24. The zero-order valence-electron chi connectivity index (χ0n) is 12.4. The van der Waals surface area contributed by atoms with Gasteiger partial charge in [0.05, 0.1) is 16.8 Å². The summed E-state index contributed by atoms with van der Waals surface area (Å²) < 4.78 is 5.74. The lowest BCUT2D eigenvalue weighted by atomic mass is 10.1. The normalized spacial score (nSPS) is 10.3. The number of nitrogens with one attached hydrogen (secondary N) is 1. The first-order chi connectivity index (χ1) is 11.3. The lowest BCUT2D eigenvalue weighted by molar-refractivity contribution is 0.0946. The number of aromatic nitrogens is 1. The number of hydrogen-bond donors (Lipinski definition) is 1. The highest BCUT2D eigenvalue weighted by Gasteiger charge is 2.12. The summed E-state index contributed by atoms with van der Waals surface area (Å²) >= 11 is 1.52. The van der Waals surface area contributed by atoms with Crippen molar-refractivity contribution in [3.05, 3.63) is 82.3 Å². The minimum absolute atomic E-state index is 0.150. The van der Waals surface area contributed by atoms with Crippen molar-refractivity contribution in [1.82, 2.24) is 10.3 Å². The van der Waals surface area contributed by atoms with E-state index >= 15 is 0 Å². The number of carbonyl (C=O) groups is 1. The van der Waals surface area contributed by atoms with E-state index in [9.17, 15) is 4.79 Å². The van der Waals surface area contributed by atoms with Gasteiger partial charge >= 0.3 is 0 Å². The molecule has 0 radical (unpaired) electrons. The summed E-state index contributed by atoms with van der Waals surface area (Å²) in [6, 6.07) is 17.0. The van der Waals surface area contributed by atoms with Crippen LogP contribution in [0.3, 0.4) is 0 Å². The van der Waals surface area contributed by atoms with Crippen molar-refractivity contribution < 1.29 is 9.53 Å². The van der Waals surface area contributed by atoms with Crippen LogP contribution >= 0.6 is 11.3 Å². The first-order valence-corrected chi connectivity index (χ1v) is 8.18. The van der Waals surface area contributed by atoms with Crippen LogP contribution in [-0.2, 0) is 13.2 Å². The van der Waals surface area contributed by atoms with Gasteiger partial charge in [-0.25, -0.2) is 4.98 Å². The van der Waals surface area contributed by atoms with Gasteiger partial charge in [0.1, 0.15) is 12.4 Å². The van der Waals surface area contributed by atoms with E-state index in [1.165, 1.54) is 11.3 Å². The maximum Gasteiger partial charge on any atom is 0.255 e. The van der Waals surface area contributed by atoms with Crippen molar-refractivity contribution in [3.8, 4) is 5.75 Å². The molecule has 4 nitrogen and oxygen atoms in total. The number of amides is 1.